The number of para-hydroxylation sites is 1. The van der Waals surface area contributed by atoms with Crippen LogP contribution in [0.3, 0.4) is 0 Å². The van der Waals surface area contributed by atoms with E-state index in [1.165, 1.54) is 5.56 Å². The minimum absolute atomic E-state index is 0.0243. The minimum Gasteiger partial charge on any atom is -0.484 e. The third kappa shape index (κ3) is 5.31. The number of hydrogen-bond acceptors (Lipinski definition) is 4. The van der Waals surface area contributed by atoms with Crippen molar-refractivity contribution < 1.29 is 14.3 Å². The molecule has 5 nitrogen and oxygen atoms in total. The fourth-order valence-electron chi connectivity index (χ4n) is 2.99. The van der Waals surface area contributed by atoms with E-state index in [0.717, 1.165) is 49.7 Å². The maximum atomic E-state index is 12.1. The highest BCUT2D eigenvalue weighted by Crippen LogP contribution is 2.16. The number of carbonyl (C=O) groups excluding carboxylic acids is 1. The third-order valence-electron chi connectivity index (χ3n) is 4.54. The second-order valence-corrected chi connectivity index (χ2v) is 6.49. The number of aryl methyl sites for hydroxylation is 1. The molecule has 3 rings (SSSR count). The zero-order valence-corrected chi connectivity index (χ0v) is 15.2. The monoisotopic (exact) mass is 354 g/mol. The van der Waals surface area contributed by atoms with Crippen molar-refractivity contribution >= 4 is 5.91 Å². The molecule has 0 radical (unpaired) electrons. The van der Waals surface area contributed by atoms with E-state index >= 15 is 0 Å². The fourth-order valence-corrected chi connectivity index (χ4v) is 2.99. The first-order valence-electron chi connectivity index (χ1n) is 9.04. The van der Waals surface area contributed by atoms with Gasteiger partial charge in [-0.2, -0.15) is 0 Å². The first kappa shape index (κ1) is 18.4. The average Bonchev–Trinajstić information content (AvgIpc) is 2.67. The molecule has 1 fully saturated rings. The fraction of sp³-hybridized carbons (Fsp3) is 0.381. The largest absolute Gasteiger partial charge is 0.484 e. The van der Waals surface area contributed by atoms with Crippen LogP contribution in [0.4, 0.5) is 0 Å². The number of ether oxygens (including phenoxy) is 2. The molecule has 0 unspecified atom stereocenters. The van der Waals surface area contributed by atoms with Gasteiger partial charge in [0.25, 0.3) is 5.91 Å². The van der Waals surface area contributed by atoms with E-state index in [1.807, 2.05) is 43.3 Å². The lowest BCUT2D eigenvalue weighted by Crippen LogP contribution is -2.36. The SMILES string of the molecule is Cc1ccccc1OCC(=O)NCc1ccccc1CN1CCOCC1. The summed E-state index contributed by atoms with van der Waals surface area (Å²) in [6, 6.07) is 15.9. The summed E-state index contributed by atoms with van der Waals surface area (Å²) >= 11 is 0. The van der Waals surface area contributed by atoms with Crippen LogP contribution >= 0.6 is 0 Å². The number of amides is 1. The maximum Gasteiger partial charge on any atom is 0.258 e. The van der Waals surface area contributed by atoms with Gasteiger partial charge < -0.3 is 14.8 Å². The lowest BCUT2D eigenvalue weighted by atomic mass is 10.1. The van der Waals surface area contributed by atoms with Crippen LogP contribution in [-0.4, -0.2) is 43.7 Å². The number of benzene rings is 2. The predicted molar refractivity (Wildman–Crippen MR) is 101 cm³/mol. The summed E-state index contributed by atoms with van der Waals surface area (Å²) in [6.45, 7) is 6.86. The Kier molecular flexibility index (Phi) is 6.63. The summed E-state index contributed by atoms with van der Waals surface area (Å²) < 4.78 is 11.0. The number of nitrogens with zero attached hydrogens (tertiary/aromatic N) is 1. The molecule has 1 N–H and O–H groups in total. The summed E-state index contributed by atoms with van der Waals surface area (Å²) in [5.74, 6) is 0.629. The summed E-state index contributed by atoms with van der Waals surface area (Å²) in [5.41, 5.74) is 3.41. The summed E-state index contributed by atoms with van der Waals surface area (Å²) in [6.07, 6.45) is 0. The zero-order valence-electron chi connectivity index (χ0n) is 15.2. The lowest BCUT2D eigenvalue weighted by molar-refractivity contribution is -0.123. The molecule has 0 bridgehead atoms. The quantitative estimate of drug-likeness (QED) is 0.830. The molecule has 1 heterocycles. The number of nitrogens with one attached hydrogen (secondary N) is 1. The normalized spacial score (nSPS) is 14.8. The molecule has 5 heteroatoms. The van der Waals surface area contributed by atoms with Gasteiger partial charge >= 0.3 is 0 Å². The highest BCUT2D eigenvalue weighted by atomic mass is 16.5. The second kappa shape index (κ2) is 9.36. The molecule has 2 aromatic rings. The molecule has 1 saturated heterocycles. The van der Waals surface area contributed by atoms with Gasteiger partial charge in [0.05, 0.1) is 13.2 Å². The first-order valence-corrected chi connectivity index (χ1v) is 9.04. The van der Waals surface area contributed by atoms with Crippen molar-refractivity contribution in [3.8, 4) is 5.75 Å². The number of carbonyl (C=O) groups is 1. The van der Waals surface area contributed by atoms with Gasteiger partial charge in [0.2, 0.25) is 0 Å². The molecule has 1 amide bonds. The van der Waals surface area contributed by atoms with Gasteiger partial charge in [-0.15, -0.1) is 0 Å². The Balaban J connectivity index is 1.51. The van der Waals surface area contributed by atoms with Crippen molar-refractivity contribution in [1.82, 2.24) is 10.2 Å². The first-order chi connectivity index (χ1) is 12.7. The molecule has 0 spiro atoms. The van der Waals surface area contributed by atoms with Crippen LogP contribution in [0.25, 0.3) is 0 Å². The van der Waals surface area contributed by atoms with Crippen molar-refractivity contribution in [2.24, 2.45) is 0 Å². The molecule has 0 saturated carbocycles. The van der Waals surface area contributed by atoms with E-state index in [-0.39, 0.29) is 12.5 Å². The van der Waals surface area contributed by atoms with Gasteiger partial charge in [-0.3, -0.25) is 9.69 Å². The summed E-state index contributed by atoms with van der Waals surface area (Å²) in [5, 5.41) is 2.96. The zero-order chi connectivity index (χ0) is 18.2. The Hall–Kier alpha value is -2.37. The van der Waals surface area contributed by atoms with E-state index in [2.05, 4.69) is 22.3 Å². The Bertz CT molecular complexity index is 727. The van der Waals surface area contributed by atoms with Crippen LogP contribution in [0.2, 0.25) is 0 Å². The van der Waals surface area contributed by atoms with E-state index in [0.29, 0.717) is 6.54 Å². The Morgan fingerprint density at radius 1 is 1.08 bits per heavy atom. The van der Waals surface area contributed by atoms with Crippen molar-refractivity contribution in [3.63, 3.8) is 0 Å². The molecule has 0 aromatic heterocycles. The molecule has 0 atom stereocenters. The number of hydrogen-bond donors (Lipinski definition) is 1. The van der Waals surface area contributed by atoms with E-state index in [4.69, 9.17) is 9.47 Å². The Labute approximate surface area is 154 Å². The number of morpholine rings is 1. The standard InChI is InChI=1S/C21H26N2O3/c1-17-6-2-5-9-20(17)26-16-21(24)22-14-18-7-3-4-8-19(18)15-23-10-12-25-13-11-23/h2-9H,10-16H2,1H3,(H,22,24). The van der Waals surface area contributed by atoms with E-state index < -0.39 is 0 Å². The Morgan fingerprint density at radius 2 is 1.77 bits per heavy atom. The summed E-state index contributed by atoms with van der Waals surface area (Å²) in [4.78, 5) is 14.5. The molecule has 2 aromatic carbocycles. The Morgan fingerprint density at radius 3 is 2.54 bits per heavy atom. The van der Waals surface area contributed by atoms with Gasteiger partial charge in [-0.1, -0.05) is 42.5 Å². The molecule has 138 valence electrons. The van der Waals surface area contributed by atoms with Crippen molar-refractivity contribution in [2.75, 3.05) is 32.9 Å². The molecule has 0 aliphatic carbocycles. The van der Waals surface area contributed by atoms with Crippen LogP contribution in [-0.2, 0) is 22.6 Å². The van der Waals surface area contributed by atoms with Crippen LogP contribution in [0.15, 0.2) is 48.5 Å². The lowest BCUT2D eigenvalue weighted by Gasteiger charge is -2.27. The van der Waals surface area contributed by atoms with Gasteiger partial charge in [0.1, 0.15) is 5.75 Å². The van der Waals surface area contributed by atoms with Gasteiger partial charge in [0.15, 0.2) is 6.61 Å². The van der Waals surface area contributed by atoms with Gasteiger partial charge in [0, 0.05) is 26.2 Å². The maximum absolute atomic E-state index is 12.1. The second-order valence-electron chi connectivity index (χ2n) is 6.49. The topological polar surface area (TPSA) is 50.8 Å². The molecule has 1 aliphatic heterocycles. The summed E-state index contributed by atoms with van der Waals surface area (Å²) in [7, 11) is 0. The predicted octanol–water partition coefficient (Wildman–Crippen LogP) is 2.52. The highest BCUT2D eigenvalue weighted by Gasteiger charge is 2.13. The van der Waals surface area contributed by atoms with Crippen LogP contribution in [0.1, 0.15) is 16.7 Å². The van der Waals surface area contributed by atoms with Gasteiger partial charge in [-0.25, -0.2) is 0 Å². The van der Waals surface area contributed by atoms with Crippen LogP contribution < -0.4 is 10.1 Å². The molecule has 1 aliphatic rings. The van der Waals surface area contributed by atoms with E-state index in [9.17, 15) is 4.79 Å². The smallest absolute Gasteiger partial charge is 0.258 e. The minimum atomic E-state index is -0.116. The van der Waals surface area contributed by atoms with Gasteiger partial charge in [-0.05, 0) is 29.7 Å². The van der Waals surface area contributed by atoms with E-state index in [1.54, 1.807) is 0 Å². The van der Waals surface area contributed by atoms with Crippen molar-refractivity contribution in [2.45, 2.75) is 20.0 Å². The van der Waals surface area contributed by atoms with Crippen LogP contribution in [0, 0.1) is 6.92 Å². The average molecular weight is 354 g/mol. The molecule has 26 heavy (non-hydrogen) atoms. The number of rotatable bonds is 7. The molecular weight excluding hydrogens is 328 g/mol. The van der Waals surface area contributed by atoms with Crippen LogP contribution in [0.5, 0.6) is 5.75 Å². The third-order valence-corrected chi connectivity index (χ3v) is 4.54. The van der Waals surface area contributed by atoms with Crippen molar-refractivity contribution in [3.05, 3.63) is 65.2 Å². The highest BCUT2D eigenvalue weighted by molar-refractivity contribution is 5.77. The van der Waals surface area contributed by atoms with Crippen molar-refractivity contribution in [1.29, 1.82) is 0 Å². The molecular formula is C21H26N2O3.